The molecule has 18 heteroatoms. The van der Waals surface area contributed by atoms with Gasteiger partial charge in [-0.25, -0.2) is 4.21 Å². The van der Waals surface area contributed by atoms with Crippen LogP contribution in [0.5, 0.6) is 0 Å². The molecule has 0 aliphatic heterocycles. The van der Waals surface area contributed by atoms with Gasteiger partial charge in [-0.3, -0.25) is 17.9 Å². The first-order chi connectivity index (χ1) is 6.85. The van der Waals surface area contributed by atoms with E-state index in [0.717, 1.165) is 0 Å². The van der Waals surface area contributed by atoms with Crippen LogP contribution in [-0.2, 0) is 49.7 Å². The van der Waals surface area contributed by atoms with E-state index >= 15 is 0 Å². The van der Waals surface area contributed by atoms with Gasteiger partial charge in [0.2, 0.25) is 10.1 Å². The summed E-state index contributed by atoms with van der Waals surface area (Å²) in [7, 11) is -15.6. The number of hydrogen-bond acceptors (Lipinski definition) is 10. The third-order valence-corrected chi connectivity index (χ3v) is 1.81. The third kappa shape index (κ3) is 30.2. The smallest absolute Gasteiger partial charge is 0.760 e. The molecule has 13 nitrogen and oxygen atoms in total. The summed E-state index contributed by atoms with van der Waals surface area (Å²) in [6.45, 7) is 0. The standard InChI is InChI=1S/H3N.Na.H2O8S2.H2O4S2/c;;1-9(2,3)7-8-10(4,5)6;1-5(2)6(3)4/h1H3;;(H,1,2,3)(H,4,5,6);(H,1,2)(H,3,4)/q;+1;;/p-1. The Morgan fingerprint density at radius 1 is 0.944 bits per heavy atom. The van der Waals surface area contributed by atoms with Crippen molar-refractivity contribution < 1.29 is 81.7 Å². The maximum absolute atomic E-state index is 9.51. The molecule has 0 aromatic carbocycles. The average Bonchev–Trinajstić information content (AvgIpc) is 1.99. The van der Waals surface area contributed by atoms with Gasteiger partial charge in [-0.05, 0) is 0 Å². The molecule has 0 saturated carbocycles. The van der Waals surface area contributed by atoms with Crippen LogP contribution in [0.15, 0.2) is 0 Å². The first-order valence-electron chi connectivity index (χ1n) is 2.38. The zero-order valence-corrected chi connectivity index (χ0v) is 13.6. The van der Waals surface area contributed by atoms with Gasteiger partial charge in [0.15, 0.2) is 0 Å². The Kier molecular flexibility index (Phi) is 17.8. The Labute approximate surface area is 128 Å². The van der Waals surface area contributed by atoms with Gasteiger partial charge in [0, 0.05) is 0 Å². The Balaban J connectivity index is -0.000000108. The normalized spacial score (nSPS) is 14.0. The Morgan fingerprint density at radius 3 is 1.17 bits per heavy atom. The van der Waals surface area contributed by atoms with Gasteiger partial charge in [-0.1, -0.05) is 8.67 Å². The molecule has 0 saturated heterocycles. The molecule has 0 radical (unpaired) electrons. The molecule has 2 unspecified atom stereocenters. The summed E-state index contributed by atoms with van der Waals surface area (Å²) >= 11 is 0. The zero-order valence-electron chi connectivity index (χ0n) is 8.36. The van der Waals surface area contributed by atoms with E-state index in [1.165, 1.54) is 0 Å². The van der Waals surface area contributed by atoms with E-state index in [4.69, 9.17) is 22.4 Å². The second-order valence-corrected chi connectivity index (χ2v) is 5.91. The van der Waals surface area contributed by atoms with Crippen molar-refractivity contribution in [3.05, 3.63) is 0 Å². The molecule has 0 aromatic heterocycles. The summed E-state index contributed by atoms with van der Waals surface area (Å²) < 4.78 is 93.9. The molecular weight excluding hydrogens is 357 g/mol. The van der Waals surface area contributed by atoms with Crippen molar-refractivity contribution in [3.63, 3.8) is 0 Å². The fourth-order valence-electron chi connectivity index (χ4n) is 0.0702. The summed E-state index contributed by atoms with van der Waals surface area (Å²) in [6, 6.07) is 0. The van der Waals surface area contributed by atoms with E-state index < -0.39 is 41.0 Å². The Morgan fingerprint density at radius 2 is 1.11 bits per heavy atom. The van der Waals surface area contributed by atoms with Crippen LogP contribution in [0.1, 0.15) is 0 Å². The van der Waals surface area contributed by atoms with Gasteiger partial charge in [0.05, 0.1) is 10.1 Å². The minimum Gasteiger partial charge on any atom is -0.760 e. The van der Waals surface area contributed by atoms with Gasteiger partial charge < -0.3 is 10.7 Å². The summed E-state index contributed by atoms with van der Waals surface area (Å²) in [5.74, 6) is 0. The van der Waals surface area contributed by atoms with Gasteiger partial charge >= 0.3 is 50.4 Å². The van der Waals surface area contributed by atoms with E-state index in [1.54, 1.807) is 0 Å². The van der Waals surface area contributed by atoms with Gasteiger partial charge in [0.25, 0.3) is 0 Å². The summed E-state index contributed by atoms with van der Waals surface area (Å²) in [4.78, 5) is 0. The van der Waals surface area contributed by atoms with E-state index in [1.807, 2.05) is 0 Å². The van der Waals surface area contributed by atoms with Crippen LogP contribution in [-0.4, -0.2) is 43.5 Å². The van der Waals surface area contributed by atoms with Crippen molar-refractivity contribution >= 4 is 41.0 Å². The first-order valence-corrected chi connectivity index (χ1v) is 7.81. The molecule has 0 aromatic rings. The summed E-state index contributed by atoms with van der Waals surface area (Å²) in [5, 5.41) is 0. The minimum atomic E-state index is -5.02. The maximum Gasteiger partial charge on any atom is 1.00 e. The molecule has 2 atom stereocenters. The summed E-state index contributed by atoms with van der Waals surface area (Å²) in [6.07, 6.45) is 0. The fourth-order valence-corrected chi connectivity index (χ4v) is 0.632. The van der Waals surface area contributed by atoms with Crippen molar-refractivity contribution in [2.45, 2.75) is 0 Å². The molecule has 18 heavy (non-hydrogen) atoms. The molecule has 0 fully saturated rings. The maximum atomic E-state index is 9.51. The van der Waals surface area contributed by atoms with Crippen molar-refractivity contribution in [1.82, 2.24) is 6.15 Å². The van der Waals surface area contributed by atoms with E-state index in [2.05, 4.69) is 8.67 Å². The van der Waals surface area contributed by atoms with Gasteiger partial charge in [-0.2, -0.15) is 16.8 Å². The second-order valence-electron chi connectivity index (χ2n) is 1.41. The van der Waals surface area contributed by atoms with Crippen LogP contribution in [0.2, 0.25) is 0 Å². The van der Waals surface area contributed by atoms with Crippen LogP contribution in [0.4, 0.5) is 0 Å². The van der Waals surface area contributed by atoms with Crippen molar-refractivity contribution in [3.8, 4) is 0 Å². The van der Waals surface area contributed by atoms with Crippen molar-refractivity contribution in [2.24, 2.45) is 0 Å². The topological polar surface area (TPSA) is 240 Å². The molecule has 0 bridgehead atoms. The molecule has 0 amide bonds. The Bertz CT molecular complexity index is 400. The quantitative estimate of drug-likeness (QED) is 0.0911. The fraction of sp³-hybridized carbons (Fsp3) is 0. The molecule has 0 aliphatic rings. The van der Waals surface area contributed by atoms with Crippen molar-refractivity contribution in [2.75, 3.05) is 0 Å². The van der Waals surface area contributed by atoms with Crippen LogP contribution in [0.3, 0.4) is 0 Å². The van der Waals surface area contributed by atoms with E-state index in [-0.39, 0.29) is 35.7 Å². The molecule has 0 heterocycles. The van der Waals surface area contributed by atoms with E-state index in [0.29, 0.717) is 0 Å². The average molecular weight is 363 g/mol. The SMILES string of the molecule is N.O=S(=O)(O)OOS(=O)(=O)O.O=S([O-])S(=O)O.[Na+]. The second kappa shape index (κ2) is 11.7. The van der Waals surface area contributed by atoms with Crippen molar-refractivity contribution in [1.29, 1.82) is 0 Å². The van der Waals surface area contributed by atoms with Gasteiger partial charge in [0.1, 0.15) is 0 Å². The predicted molar refractivity (Wildman–Crippen MR) is 50.0 cm³/mol. The number of hydrogen-bond donors (Lipinski definition) is 4. The molecule has 6 N–H and O–H groups in total. The zero-order chi connectivity index (χ0) is 13.6. The minimum absolute atomic E-state index is 0. The Hall–Kier alpha value is 0.920. The third-order valence-electron chi connectivity index (χ3n) is 0.316. The first kappa shape index (κ1) is 27.3. The molecule has 0 rings (SSSR count). The molecular formula is H6NNaO12S4. The van der Waals surface area contributed by atoms with E-state index in [9.17, 15) is 21.0 Å². The monoisotopic (exact) mass is 363 g/mol. The van der Waals surface area contributed by atoms with Crippen LogP contribution in [0, 0.1) is 0 Å². The summed E-state index contributed by atoms with van der Waals surface area (Å²) in [5.41, 5.74) is 0. The number of rotatable bonds is 4. The molecule has 0 spiro atoms. The predicted octanol–water partition coefficient (Wildman–Crippen LogP) is -5.29. The molecule has 0 aliphatic carbocycles. The van der Waals surface area contributed by atoms with Crippen LogP contribution in [0.25, 0.3) is 0 Å². The van der Waals surface area contributed by atoms with Crippen LogP contribution >= 0.6 is 0 Å². The largest absolute Gasteiger partial charge is 1.00 e. The van der Waals surface area contributed by atoms with Crippen LogP contribution < -0.4 is 35.7 Å². The van der Waals surface area contributed by atoms with Gasteiger partial charge in [-0.15, -0.1) is 0 Å². The molecule has 108 valence electrons.